The number of allylic oxidation sites excluding steroid dienone is 2. The van der Waals surface area contributed by atoms with Crippen LogP contribution in [0.1, 0.15) is 181 Å². The Hall–Kier alpha value is -0.870. The van der Waals surface area contributed by atoms with Crippen molar-refractivity contribution in [3.63, 3.8) is 0 Å². The van der Waals surface area contributed by atoms with E-state index in [1.165, 1.54) is 141 Å². The lowest BCUT2D eigenvalue weighted by atomic mass is 10.1. The average molecular weight is 553 g/mol. The van der Waals surface area contributed by atoms with E-state index < -0.39 is 6.10 Å². The number of carbonyl (C=O) groups excluding carboxylic acids is 1. The molecule has 0 radical (unpaired) electrons. The fourth-order valence-corrected chi connectivity index (χ4v) is 4.97. The van der Waals surface area contributed by atoms with Crippen LogP contribution < -0.4 is 0 Å². The van der Waals surface area contributed by atoms with Crippen molar-refractivity contribution < 1.29 is 19.4 Å². The number of rotatable bonds is 32. The van der Waals surface area contributed by atoms with Crippen molar-refractivity contribution in [3.05, 3.63) is 12.2 Å². The van der Waals surface area contributed by atoms with Gasteiger partial charge in [-0.05, 0) is 38.5 Å². The summed E-state index contributed by atoms with van der Waals surface area (Å²) in [6.07, 6.45) is 36.7. The van der Waals surface area contributed by atoms with Gasteiger partial charge in [0.2, 0.25) is 0 Å². The van der Waals surface area contributed by atoms with E-state index in [0.29, 0.717) is 19.6 Å². The van der Waals surface area contributed by atoms with E-state index in [0.717, 1.165) is 19.3 Å². The summed E-state index contributed by atoms with van der Waals surface area (Å²) in [7, 11) is 0. The number of esters is 1. The van der Waals surface area contributed by atoms with Crippen LogP contribution in [-0.2, 0) is 14.3 Å². The molecule has 1 atom stereocenters. The number of aliphatic hydroxyl groups is 1. The van der Waals surface area contributed by atoms with Gasteiger partial charge in [0.05, 0.1) is 13.2 Å². The van der Waals surface area contributed by atoms with Gasteiger partial charge in [-0.3, -0.25) is 4.79 Å². The molecule has 0 heterocycles. The van der Waals surface area contributed by atoms with E-state index in [9.17, 15) is 9.90 Å². The number of ether oxygens (including phenoxy) is 2. The third kappa shape index (κ3) is 31.5. The first kappa shape index (κ1) is 38.1. The first-order valence-electron chi connectivity index (χ1n) is 17.3. The minimum absolute atomic E-state index is 0.169. The highest BCUT2D eigenvalue weighted by Crippen LogP contribution is 2.13. The minimum atomic E-state index is -0.528. The summed E-state index contributed by atoms with van der Waals surface area (Å²) in [4.78, 5) is 12.1. The van der Waals surface area contributed by atoms with Crippen molar-refractivity contribution in [2.45, 2.75) is 187 Å². The predicted octanol–water partition coefficient (Wildman–Crippen LogP) is 10.6. The van der Waals surface area contributed by atoms with Crippen LogP contribution in [-0.4, -0.2) is 37.0 Å². The number of hydrogen-bond acceptors (Lipinski definition) is 4. The molecule has 0 aromatic heterocycles. The Balaban J connectivity index is 3.41. The standard InChI is InChI=1S/C35H68O4/c1-3-5-7-9-11-13-15-16-17-18-19-20-21-23-25-27-29-31-38-33-34(32-36)39-35(37)30-28-26-24-22-14-12-10-8-6-4-2/h17-18,34,36H,3-16,19-33H2,1-2H3/b18-17-. The van der Waals surface area contributed by atoms with Crippen molar-refractivity contribution in [2.75, 3.05) is 19.8 Å². The third-order valence-electron chi connectivity index (χ3n) is 7.59. The molecule has 4 nitrogen and oxygen atoms in total. The molecule has 0 aliphatic rings. The summed E-state index contributed by atoms with van der Waals surface area (Å²) in [6, 6.07) is 0. The quantitative estimate of drug-likeness (QED) is 0.0512. The number of unbranched alkanes of at least 4 members (excludes halogenated alkanes) is 22. The second kappa shape index (κ2) is 33.3. The summed E-state index contributed by atoms with van der Waals surface area (Å²) in [6.45, 7) is 5.33. The molecule has 0 rings (SSSR count). The van der Waals surface area contributed by atoms with E-state index in [1.54, 1.807) is 0 Å². The van der Waals surface area contributed by atoms with Crippen molar-refractivity contribution in [3.8, 4) is 0 Å². The molecule has 4 heteroatoms. The molecule has 0 bridgehead atoms. The fraction of sp³-hybridized carbons (Fsp3) is 0.914. The molecule has 0 amide bonds. The maximum atomic E-state index is 12.1. The lowest BCUT2D eigenvalue weighted by Gasteiger charge is -2.15. The summed E-state index contributed by atoms with van der Waals surface area (Å²) in [5.74, 6) is -0.204. The van der Waals surface area contributed by atoms with Crippen LogP contribution in [0.15, 0.2) is 12.2 Å². The van der Waals surface area contributed by atoms with E-state index in [1.807, 2.05) is 0 Å². The normalized spacial score (nSPS) is 12.4. The van der Waals surface area contributed by atoms with Crippen LogP contribution >= 0.6 is 0 Å². The Kier molecular flexibility index (Phi) is 32.6. The summed E-state index contributed by atoms with van der Waals surface area (Å²) in [5.41, 5.74) is 0. The van der Waals surface area contributed by atoms with Crippen LogP contribution in [0.4, 0.5) is 0 Å². The fourth-order valence-electron chi connectivity index (χ4n) is 4.97. The molecule has 232 valence electrons. The summed E-state index contributed by atoms with van der Waals surface area (Å²) >= 11 is 0. The van der Waals surface area contributed by atoms with Gasteiger partial charge in [-0.2, -0.15) is 0 Å². The molecule has 0 saturated heterocycles. The lowest BCUT2D eigenvalue weighted by molar-refractivity contribution is -0.154. The second-order valence-corrected chi connectivity index (χ2v) is 11.6. The topological polar surface area (TPSA) is 55.8 Å². The first-order valence-corrected chi connectivity index (χ1v) is 17.3. The SMILES string of the molecule is CCCCCCCCC/C=C\CCCCCCCCOCC(CO)OC(=O)CCCCCCCCCCCC. The third-order valence-corrected chi connectivity index (χ3v) is 7.59. The Morgan fingerprint density at radius 1 is 0.590 bits per heavy atom. The van der Waals surface area contributed by atoms with E-state index in [2.05, 4.69) is 26.0 Å². The highest BCUT2D eigenvalue weighted by molar-refractivity contribution is 5.69. The molecular weight excluding hydrogens is 484 g/mol. The van der Waals surface area contributed by atoms with Crippen LogP contribution in [0.2, 0.25) is 0 Å². The van der Waals surface area contributed by atoms with Gasteiger partial charge in [-0.1, -0.05) is 148 Å². The van der Waals surface area contributed by atoms with Gasteiger partial charge in [0, 0.05) is 13.0 Å². The van der Waals surface area contributed by atoms with E-state index in [4.69, 9.17) is 9.47 Å². The van der Waals surface area contributed by atoms with Crippen LogP contribution in [0.25, 0.3) is 0 Å². The molecule has 0 aromatic carbocycles. The Bertz CT molecular complexity index is 505. The number of carbonyl (C=O) groups is 1. The second-order valence-electron chi connectivity index (χ2n) is 11.6. The van der Waals surface area contributed by atoms with Crippen LogP contribution in [0.3, 0.4) is 0 Å². The van der Waals surface area contributed by atoms with Crippen molar-refractivity contribution in [1.29, 1.82) is 0 Å². The minimum Gasteiger partial charge on any atom is -0.457 e. The predicted molar refractivity (Wildman–Crippen MR) is 168 cm³/mol. The monoisotopic (exact) mass is 553 g/mol. The van der Waals surface area contributed by atoms with Crippen LogP contribution in [0, 0.1) is 0 Å². The average Bonchev–Trinajstić information content (AvgIpc) is 2.94. The van der Waals surface area contributed by atoms with Crippen molar-refractivity contribution >= 4 is 5.97 Å². The number of hydrogen-bond donors (Lipinski definition) is 1. The molecule has 0 spiro atoms. The zero-order chi connectivity index (χ0) is 28.5. The molecule has 0 saturated carbocycles. The smallest absolute Gasteiger partial charge is 0.306 e. The molecule has 1 unspecified atom stereocenters. The molecule has 0 aromatic rings. The van der Waals surface area contributed by atoms with E-state index >= 15 is 0 Å². The van der Waals surface area contributed by atoms with E-state index in [-0.39, 0.29) is 12.6 Å². The molecule has 0 aliphatic heterocycles. The number of aliphatic hydroxyl groups excluding tert-OH is 1. The molecule has 0 aliphatic carbocycles. The first-order chi connectivity index (χ1) is 19.2. The zero-order valence-electron chi connectivity index (χ0n) is 26.4. The van der Waals surface area contributed by atoms with Gasteiger partial charge in [0.25, 0.3) is 0 Å². The van der Waals surface area contributed by atoms with Gasteiger partial charge in [0.15, 0.2) is 0 Å². The Morgan fingerprint density at radius 2 is 1.00 bits per heavy atom. The van der Waals surface area contributed by atoms with Gasteiger partial charge in [-0.15, -0.1) is 0 Å². The summed E-state index contributed by atoms with van der Waals surface area (Å²) in [5, 5.41) is 9.51. The van der Waals surface area contributed by atoms with Crippen LogP contribution in [0.5, 0.6) is 0 Å². The van der Waals surface area contributed by atoms with Crippen molar-refractivity contribution in [2.24, 2.45) is 0 Å². The van der Waals surface area contributed by atoms with Gasteiger partial charge in [0.1, 0.15) is 6.10 Å². The molecular formula is C35H68O4. The Labute approximate surface area is 244 Å². The van der Waals surface area contributed by atoms with Crippen molar-refractivity contribution in [1.82, 2.24) is 0 Å². The van der Waals surface area contributed by atoms with Gasteiger partial charge in [-0.25, -0.2) is 0 Å². The Morgan fingerprint density at radius 3 is 1.46 bits per heavy atom. The highest BCUT2D eigenvalue weighted by Gasteiger charge is 2.13. The highest BCUT2D eigenvalue weighted by atomic mass is 16.6. The maximum Gasteiger partial charge on any atom is 0.306 e. The maximum absolute atomic E-state index is 12.1. The molecule has 0 fully saturated rings. The molecule has 1 N–H and O–H groups in total. The molecule has 39 heavy (non-hydrogen) atoms. The van der Waals surface area contributed by atoms with Gasteiger partial charge < -0.3 is 14.6 Å². The van der Waals surface area contributed by atoms with Gasteiger partial charge >= 0.3 is 5.97 Å². The largest absolute Gasteiger partial charge is 0.457 e. The zero-order valence-corrected chi connectivity index (χ0v) is 26.4. The lowest BCUT2D eigenvalue weighted by Crippen LogP contribution is -2.27. The summed E-state index contributed by atoms with van der Waals surface area (Å²) < 4.78 is 11.1.